The molecule has 1 aliphatic rings. The Morgan fingerprint density at radius 3 is 2.65 bits per heavy atom. The van der Waals surface area contributed by atoms with Crippen molar-refractivity contribution in [1.29, 1.82) is 0 Å². The van der Waals surface area contributed by atoms with Gasteiger partial charge < -0.3 is 10.0 Å². The molecule has 5 nitrogen and oxygen atoms in total. The van der Waals surface area contributed by atoms with Gasteiger partial charge >= 0.3 is 0 Å². The van der Waals surface area contributed by atoms with Crippen molar-refractivity contribution in [3.63, 3.8) is 0 Å². The minimum absolute atomic E-state index is 0.0864. The number of benzene rings is 1. The fraction of sp³-hybridized carbons (Fsp3) is 0.364. The Balaban J connectivity index is 2.38. The number of aliphatic hydroxyl groups excluding tert-OH is 1. The summed E-state index contributed by atoms with van der Waals surface area (Å²) in [6.45, 7) is 0.214. The number of anilines is 1. The summed E-state index contributed by atoms with van der Waals surface area (Å²) >= 11 is 0. The van der Waals surface area contributed by atoms with E-state index in [4.69, 9.17) is 0 Å². The van der Waals surface area contributed by atoms with Crippen LogP contribution in [0.5, 0.6) is 0 Å². The van der Waals surface area contributed by atoms with Crippen LogP contribution in [0.1, 0.15) is 6.42 Å². The fourth-order valence-corrected chi connectivity index (χ4v) is 2.48. The zero-order valence-corrected chi connectivity index (χ0v) is 10.1. The van der Waals surface area contributed by atoms with E-state index in [0.29, 0.717) is 5.69 Å². The van der Waals surface area contributed by atoms with Crippen LogP contribution in [0.15, 0.2) is 29.2 Å². The molecule has 1 aromatic carbocycles. The molecule has 6 heteroatoms. The molecule has 1 aliphatic heterocycles. The molecule has 1 amide bonds. The van der Waals surface area contributed by atoms with E-state index in [1.165, 1.54) is 17.0 Å². The largest absolute Gasteiger partial charge is 0.391 e. The van der Waals surface area contributed by atoms with E-state index in [1.54, 1.807) is 12.1 Å². The molecular weight excluding hydrogens is 242 g/mol. The summed E-state index contributed by atoms with van der Waals surface area (Å²) in [6, 6.07) is 6.18. The van der Waals surface area contributed by atoms with Gasteiger partial charge in [0.2, 0.25) is 5.91 Å². The molecule has 0 aliphatic carbocycles. The number of amides is 1. The van der Waals surface area contributed by atoms with Crippen molar-refractivity contribution in [2.75, 3.05) is 17.7 Å². The Bertz CT molecular complexity index is 552. The van der Waals surface area contributed by atoms with Gasteiger partial charge in [-0.25, -0.2) is 8.42 Å². The van der Waals surface area contributed by atoms with Gasteiger partial charge in [0.15, 0.2) is 9.84 Å². The van der Waals surface area contributed by atoms with Crippen molar-refractivity contribution in [2.45, 2.75) is 17.4 Å². The van der Waals surface area contributed by atoms with Gasteiger partial charge in [-0.05, 0) is 18.2 Å². The first-order valence-corrected chi connectivity index (χ1v) is 7.05. The average molecular weight is 255 g/mol. The molecule has 0 aromatic heterocycles. The van der Waals surface area contributed by atoms with Crippen molar-refractivity contribution < 1.29 is 18.3 Å². The van der Waals surface area contributed by atoms with Crippen LogP contribution < -0.4 is 4.90 Å². The van der Waals surface area contributed by atoms with Gasteiger partial charge in [0.25, 0.3) is 0 Å². The summed E-state index contributed by atoms with van der Waals surface area (Å²) in [5.74, 6) is -0.192. The normalized spacial score (nSPS) is 20.9. The standard InChI is InChI=1S/C11H13NO4S/c1-17(15,16)10-4-2-3-8(5-10)12-7-9(13)6-11(12)14/h2-5,9,13H,6-7H2,1H3. The highest BCUT2D eigenvalue weighted by Crippen LogP contribution is 2.24. The molecule has 92 valence electrons. The highest BCUT2D eigenvalue weighted by molar-refractivity contribution is 7.90. The van der Waals surface area contributed by atoms with E-state index in [1.807, 2.05) is 0 Å². The summed E-state index contributed by atoms with van der Waals surface area (Å²) < 4.78 is 22.8. The number of nitrogens with zero attached hydrogens (tertiary/aromatic N) is 1. The van der Waals surface area contributed by atoms with Gasteiger partial charge in [0, 0.05) is 11.9 Å². The van der Waals surface area contributed by atoms with Crippen LogP contribution in [0.2, 0.25) is 0 Å². The number of hydrogen-bond donors (Lipinski definition) is 1. The smallest absolute Gasteiger partial charge is 0.229 e. The maximum Gasteiger partial charge on any atom is 0.229 e. The second-order valence-corrected chi connectivity index (χ2v) is 6.15. The van der Waals surface area contributed by atoms with E-state index in [-0.39, 0.29) is 23.8 Å². The fourth-order valence-electron chi connectivity index (χ4n) is 1.82. The molecule has 1 fully saturated rings. The first-order chi connectivity index (χ1) is 7.88. The van der Waals surface area contributed by atoms with Gasteiger partial charge in [0.1, 0.15) is 0 Å². The first kappa shape index (κ1) is 12.1. The number of hydrogen-bond acceptors (Lipinski definition) is 4. The molecule has 0 saturated carbocycles. The summed E-state index contributed by atoms with van der Waals surface area (Å²) in [4.78, 5) is 13.1. The number of β-amino-alcohol motifs (C(OH)–C–C–N with tert-alkyl or cyclic N) is 1. The summed E-state index contributed by atoms with van der Waals surface area (Å²) in [5, 5.41) is 9.38. The monoisotopic (exact) mass is 255 g/mol. The SMILES string of the molecule is CS(=O)(=O)c1cccc(N2CC(O)CC2=O)c1. The molecule has 1 N–H and O–H groups in total. The highest BCUT2D eigenvalue weighted by atomic mass is 32.2. The Kier molecular flexibility index (Phi) is 2.92. The molecule has 17 heavy (non-hydrogen) atoms. The number of carbonyl (C=O) groups excluding carboxylic acids is 1. The number of aliphatic hydroxyl groups is 1. The van der Waals surface area contributed by atoms with E-state index in [2.05, 4.69) is 0 Å². The molecule has 0 bridgehead atoms. The Morgan fingerprint density at radius 1 is 1.41 bits per heavy atom. The zero-order chi connectivity index (χ0) is 12.6. The lowest BCUT2D eigenvalue weighted by Gasteiger charge is -2.16. The van der Waals surface area contributed by atoms with E-state index in [9.17, 15) is 18.3 Å². The predicted molar refractivity (Wildman–Crippen MR) is 62.5 cm³/mol. The summed E-state index contributed by atoms with van der Waals surface area (Å²) in [6.07, 6.45) is 0.528. The quantitative estimate of drug-likeness (QED) is 0.818. The zero-order valence-electron chi connectivity index (χ0n) is 9.33. The van der Waals surface area contributed by atoms with E-state index in [0.717, 1.165) is 6.26 Å². The lowest BCUT2D eigenvalue weighted by Crippen LogP contribution is -2.25. The molecule has 1 atom stereocenters. The van der Waals surface area contributed by atoms with Gasteiger partial charge in [-0.2, -0.15) is 0 Å². The van der Waals surface area contributed by atoms with Crippen molar-refractivity contribution in [1.82, 2.24) is 0 Å². The molecule has 1 aromatic rings. The van der Waals surface area contributed by atoms with E-state index >= 15 is 0 Å². The van der Waals surface area contributed by atoms with Crippen LogP contribution in [0, 0.1) is 0 Å². The molecule has 1 heterocycles. The lowest BCUT2D eigenvalue weighted by atomic mass is 10.3. The third-order valence-corrected chi connectivity index (χ3v) is 3.77. The molecule has 2 rings (SSSR count). The molecular formula is C11H13NO4S. The Morgan fingerprint density at radius 2 is 2.12 bits per heavy atom. The maximum atomic E-state index is 11.6. The van der Waals surface area contributed by atoms with Crippen molar-refractivity contribution in [3.8, 4) is 0 Å². The van der Waals surface area contributed by atoms with Crippen LogP contribution in [-0.4, -0.2) is 38.3 Å². The minimum Gasteiger partial charge on any atom is -0.391 e. The van der Waals surface area contributed by atoms with Crippen LogP contribution in [0.4, 0.5) is 5.69 Å². The van der Waals surface area contributed by atoms with Gasteiger partial charge in [-0.15, -0.1) is 0 Å². The summed E-state index contributed by atoms with van der Waals surface area (Å²) in [5.41, 5.74) is 0.509. The van der Waals surface area contributed by atoms with Crippen molar-refractivity contribution in [3.05, 3.63) is 24.3 Å². The second-order valence-electron chi connectivity index (χ2n) is 4.13. The van der Waals surface area contributed by atoms with Gasteiger partial charge in [-0.3, -0.25) is 4.79 Å². The van der Waals surface area contributed by atoms with E-state index < -0.39 is 15.9 Å². The van der Waals surface area contributed by atoms with Gasteiger partial charge in [-0.1, -0.05) is 6.07 Å². The van der Waals surface area contributed by atoms with Crippen LogP contribution in [0.3, 0.4) is 0 Å². The molecule has 1 unspecified atom stereocenters. The predicted octanol–water partition coefficient (Wildman–Crippen LogP) is 0.188. The Labute approximate surface area is 99.6 Å². The van der Waals surface area contributed by atoms with Crippen molar-refractivity contribution in [2.24, 2.45) is 0 Å². The van der Waals surface area contributed by atoms with Gasteiger partial charge in [0.05, 0.1) is 24.0 Å². The van der Waals surface area contributed by atoms with Crippen LogP contribution in [0.25, 0.3) is 0 Å². The third kappa shape index (κ3) is 2.48. The minimum atomic E-state index is -3.29. The van der Waals surface area contributed by atoms with Crippen LogP contribution in [-0.2, 0) is 14.6 Å². The highest BCUT2D eigenvalue weighted by Gasteiger charge is 2.29. The van der Waals surface area contributed by atoms with Crippen LogP contribution >= 0.6 is 0 Å². The molecule has 1 saturated heterocycles. The first-order valence-electron chi connectivity index (χ1n) is 5.16. The molecule has 0 spiro atoms. The number of carbonyl (C=O) groups is 1. The maximum absolute atomic E-state index is 11.6. The lowest BCUT2D eigenvalue weighted by molar-refractivity contribution is -0.117. The Hall–Kier alpha value is -1.40. The number of rotatable bonds is 2. The van der Waals surface area contributed by atoms with Crippen molar-refractivity contribution >= 4 is 21.4 Å². The number of sulfone groups is 1. The molecule has 0 radical (unpaired) electrons. The third-order valence-electron chi connectivity index (χ3n) is 2.66. The topological polar surface area (TPSA) is 74.7 Å². The second kappa shape index (κ2) is 4.12. The summed E-state index contributed by atoms with van der Waals surface area (Å²) in [7, 11) is -3.29. The average Bonchev–Trinajstić information content (AvgIpc) is 2.57.